The molecule has 0 spiro atoms. The summed E-state index contributed by atoms with van der Waals surface area (Å²) in [6.45, 7) is 3.96. The number of halogens is 1. The van der Waals surface area contributed by atoms with Crippen LogP contribution in [-0.2, 0) is 17.8 Å². The Bertz CT molecular complexity index is 550. The topological polar surface area (TPSA) is 61.8 Å². The van der Waals surface area contributed by atoms with Gasteiger partial charge in [-0.15, -0.1) is 0 Å². The molecule has 2 N–H and O–H groups in total. The predicted molar refractivity (Wildman–Crippen MR) is 79.6 cm³/mol. The number of nitrogens with one attached hydrogen (secondary N) is 1. The fourth-order valence-electron chi connectivity index (χ4n) is 2.95. The van der Waals surface area contributed by atoms with E-state index in [-0.39, 0.29) is 25.2 Å². The number of carbonyl (C=O) groups is 1. The summed E-state index contributed by atoms with van der Waals surface area (Å²) >= 11 is 6.39. The van der Waals surface area contributed by atoms with E-state index in [1.165, 1.54) is 0 Å². The lowest BCUT2D eigenvalue weighted by molar-refractivity contribution is 0.0535. The number of hydrogen-bond donors (Lipinski definition) is 2. The predicted octanol–water partition coefficient (Wildman–Crippen LogP) is 0.819. The maximum absolute atomic E-state index is 11.5. The Hall–Kier alpha value is -1.14. The normalized spacial score (nSPS) is 22.2. The Morgan fingerprint density at radius 1 is 1.48 bits per heavy atom. The summed E-state index contributed by atoms with van der Waals surface area (Å²) < 4.78 is 5.01. The Morgan fingerprint density at radius 2 is 2.33 bits per heavy atom. The number of nitrogens with zero attached hydrogens (tertiary/aromatic N) is 1. The number of aliphatic hydroxyl groups is 1. The molecule has 0 bridgehead atoms. The quantitative estimate of drug-likeness (QED) is 0.806. The molecule has 0 radical (unpaired) electrons. The van der Waals surface area contributed by atoms with Crippen molar-refractivity contribution in [2.45, 2.75) is 19.1 Å². The molecule has 114 valence electrons. The summed E-state index contributed by atoms with van der Waals surface area (Å²) in [6.07, 6.45) is 0.802. The van der Waals surface area contributed by atoms with Gasteiger partial charge in [0.05, 0.1) is 17.2 Å². The molecule has 2 aliphatic rings. The lowest BCUT2D eigenvalue weighted by atomic mass is 10.0. The summed E-state index contributed by atoms with van der Waals surface area (Å²) in [5.41, 5.74) is 2.42. The largest absolute Gasteiger partial charge is 0.457 e. The van der Waals surface area contributed by atoms with Crippen LogP contribution < -0.4 is 5.32 Å². The minimum Gasteiger partial charge on any atom is -0.457 e. The molecule has 6 heteroatoms. The van der Waals surface area contributed by atoms with Crippen LogP contribution in [-0.4, -0.2) is 54.8 Å². The number of aliphatic hydroxyl groups excluding tert-OH is 1. The number of benzene rings is 1. The number of rotatable bonds is 4. The van der Waals surface area contributed by atoms with Gasteiger partial charge in [-0.05, 0) is 18.1 Å². The van der Waals surface area contributed by atoms with Gasteiger partial charge in [-0.25, -0.2) is 4.79 Å². The van der Waals surface area contributed by atoms with E-state index < -0.39 is 0 Å². The fraction of sp³-hybridized carbons (Fsp3) is 0.533. The van der Waals surface area contributed by atoms with Gasteiger partial charge in [0, 0.05) is 37.8 Å². The lowest BCUT2D eigenvalue weighted by Crippen LogP contribution is -2.53. The molecule has 0 aromatic heterocycles. The van der Waals surface area contributed by atoms with Crippen molar-refractivity contribution in [3.63, 3.8) is 0 Å². The van der Waals surface area contributed by atoms with Gasteiger partial charge in [0.15, 0.2) is 0 Å². The lowest BCUT2D eigenvalue weighted by Gasteiger charge is -2.35. The highest BCUT2D eigenvalue weighted by atomic mass is 35.5. The molecule has 0 aliphatic carbocycles. The van der Waals surface area contributed by atoms with Gasteiger partial charge < -0.3 is 15.2 Å². The number of hydrogen-bond acceptors (Lipinski definition) is 5. The average Bonchev–Trinajstić information content (AvgIpc) is 2.89. The van der Waals surface area contributed by atoms with Crippen molar-refractivity contribution in [2.75, 3.05) is 32.8 Å². The van der Waals surface area contributed by atoms with E-state index in [9.17, 15) is 9.90 Å². The first kappa shape index (κ1) is 14.8. The molecule has 5 nitrogen and oxygen atoms in total. The van der Waals surface area contributed by atoms with E-state index in [1.54, 1.807) is 6.07 Å². The molecule has 21 heavy (non-hydrogen) atoms. The van der Waals surface area contributed by atoms with Crippen LogP contribution in [0, 0.1) is 0 Å². The zero-order chi connectivity index (χ0) is 14.8. The van der Waals surface area contributed by atoms with Gasteiger partial charge in [-0.3, -0.25) is 4.90 Å². The fourth-order valence-corrected chi connectivity index (χ4v) is 3.27. The van der Waals surface area contributed by atoms with E-state index in [0.717, 1.165) is 43.7 Å². The summed E-state index contributed by atoms with van der Waals surface area (Å²) in [5.74, 6) is -0.291. The van der Waals surface area contributed by atoms with Crippen molar-refractivity contribution in [3.8, 4) is 0 Å². The molecular weight excluding hydrogens is 292 g/mol. The molecule has 2 aliphatic heterocycles. The number of cyclic esters (lactones) is 1. The van der Waals surface area contributed by atoms with Crippen LogP contribution in [0.5, 0.6) is 0 Å². The van der Waals surface area contributed by atoms with Crippen LogP contribution >= 0.6 is 11.6 Å². The first-order valence-corrected chi connectivity index (χ1v) is 7.61. The van der Waals surface area contributed by atoms with Crippen molar-refractivity contribution < 1.29 is 14.6 Å². The van der Waals surface area contributed by atoms with Gasteiger partial charge in [0.2, 0.25) is 0 Å². The zero-order valence-electron chi connectivity index (χ0n) is 11.8. The van der Waals surface area contributed by atoms with Crippen molar-refractivity contribution in [1.29, 1.82) is 0 Å². The molecule has 1 saturated heterocycles. The van der Waals surface area contributed by atoms with Crippen LogP contribution in [0.15, 0.2) is 12.1 Å². The van der Waals surface area contributed by atoms with Crippen LogP contribution in [0.4, 0.5) is 0 Å². The number of esters is 1. The minimum absolute atomic E-state index is 0.160. The van der Waals surface area contributed by atoms with Crippen LogP contribution in [0.2, 0.25) is 5.02 Å². The average molecular weight is 311 g/mol. The highest BCUT2D eigenvalue weighted by molar-refractivity contribution is 6.32. The van der Waals surface area contributed by atoms with E-state index in [1.807, 2.05) is 6.07 Å². The maximum Gasteiger partial charge on any atom is 0.338 e. The molecule has 1 atom stereocenters. The number of ether oxygens (including phenoxy) is 1. The second-order valence-electron chi connectivity index (χ2n) is 5.47. The first-order chi connectivity index (χ1) is 10.2. The Kier molecular flexibility index (Phi) is 4.45. The zero-order valence-corrected chi connectivity index (χ0v) is 12.5. The number of piperazine rings is 1. The first-order valence-electron chi connectivity index (χ1n) is 7.23. The second-order valence-corrected chi connectivity index (χ2v) is 5.85. The van der Waals surface area contributed by atoms with Gasteiger partial charge >= 0.3 is 5.97 Å². The SMILES string of the molecule is O=C1OCc2c1ccc(CCN1CCNCC1CO)c2Cl. The summed E-state index contributed by atoms with van der Waals surface area (Å²) in [7, 11) is 0. The molecule has 1 aromatic rings. The molecule has 1 fully saturated rings. The molecule has 0 amide bonds. The Balaban J connectivity index is 1.70. The summed E-state index contributed by atoms with van der Waals surface area (Å²) in [6, 6.07) is 3.87. The van der Waals surface area contributed by atoms with E-state index in [2.05, 4.69) is 10.2 Å². The Morgan fingerprint density at radius 3 is 3.14 bits per heavy atom. The molecule has 1 unspecified atom stereocenters. The molecule has 1 aromatic carbocycles. The monoisotopic (exact) mass is 310 g/mol. The standard InChI is InChI=1S/C15H19ClN2O3/c16-14-10(1-2-12-13(14)9-21-15(12)20)3-5-18-6-4-17-7-11(18)8-19/h1-2,11,17,19H,3-9H2. The molecule has 2 heterocycles. The maximum atomic E-state index is 11.5. The number of fused-ring (bicyclic) bond motifs is 1. The molecule has 0 saturated carbocycles. The van der Waals surface area contributed by atoms with Crippen molar-refractivity contribution in [3.05, 3.63) is 33.8 Å². The smallest absolute Gasteiger partial charge is 0.338 e. The third-order valence-corrected chi connectivity index (χ3v) is 4.71. The van der Waals surface area contributed by atoms with Gasteiger partial charge in [-0.1, -0.05) is 17.7 Å². The van der Waals surface area contributed by atoms with Crippen molar-refractivity contribution in [1.82, 2.24) is 10.2 Å². The van der Waals surface area contributed by atoms with Gasteiger partial charge in [0.1, 0.15) is 6.61 Å². The Labute approximate surface area is 128 Å². The van der Waals surface area contributed by atoms with Gasteiger partial charge in [0.25, 0.3) is 0 Å². The second kappa shape index (κ2) is 6.32. The number of carbonyl (C=O) groups excluding carboxylic acids is 1. The highest BCUT2D eigenvalue weighted by Gasteiger charge is 2.26. The molecule has 3 rings (SSSR count). The van der Waals surface area contributed by atoms with Crippen LogP contribution in [0.3, 0.4) is 0 Å². The van der Waals surface area contributed by atoms with E-state index in [4.69, 9.17) is 16.3 Å². The van der Waals surface area contributed by atoms with E-state index >= 15 is 0 Å². The van der Waals surface area contributed by atoms with Crippen LogP contribution in [0.1, 0.15) is 21.5 Å². The third-order valence-electron chi connectivity index (χ3n) is 4.24. The van der Waals surface area contributed by atoms with E-state index in [0.29, 0.717) is 10.6 Å². The van der Waals surface area contributed by atoms with Gasteiger partial charge in [-0.2, -0.15) is 0 Å². The van der Waals surface area contributed by atoms with Crippen molar-refractivity contribution in [2.24, 2.45) is 0 Å². The summed E-state index contributed by atoms with van der Waals surface area (Å²) in [4.78, 5) is 13.8. The summed E-state index contributed by atoms with van der Waals surface area (Å²) in [5, 5.41) is 13.3. The third kappa shape index (κ3) is 2.92. The highest BCUT2D eigenvalue weighted by Crippen LogP contribution is 2.30. The minimum atomic E-state index is -0.291. The van der Waals surface area contributed by atoms with Crippen LogP contribution in [0.25, 0.3) is 0 Å². The van der Waals surface area contributed by atoms with Crippen molar-refractivity contribution >= 4 is 17.6 Å². The molecular formula is C15H19ClN2O3.